The molecule has 0 rings (SSSR count). The van der Waals surface area contributed by atoms with Gasteiger partial charge in [0.2, 0.25) is 0 Å². The second kappa shape index (κ2) is 19.6. The van der Waals surface area contributed by atoms with Gasteiger partial charge in [0.15, 0.2) is 0 Å². The Kier molecular flexibility index (Phi) is 21.1. The maximum atomic E-state index is 10.1. The molecule has 0 aliphatic carbocycles. The van der Waals surface area contributed by atoms with Crippen molar-refractivity contribution in [1.82, 2.24) is 0 Å². The number of carboxylic acid groups (broad SMARTS) is 1. The summed E-state index contributed by atoms with van der Waals surface area (Å²) in [5.41, 5.74) is 10.4. The van der Waals surface area contributed by atoms with E-state index in [2.05, 4.69) is 26.9 Å². The lowest BCUT2D eigenvalue weighted by atomic mass is 10.1. The van der Waals surface area contributed by atoms with Crippen molar-refractivity contribution in [2.75, 3.05) is 32.7 Å². The van der Waals surface area contributed by atoms with Crippen LogP contribution in [0.2, 0.25) is 0 Å². The third-order valence-corrected chi connectivity index (χ3v) is 6.13. The first kappa shape index (κ1) is 28.0. The topological polar surface area (TPSA) is 89.3 Å². The van der Waals surface area contributed by atoms with Crippen LogP contribution >= 0.6 is 7.26 Å². The van der Waals surface area contributed by atoms with Gasteiger partial charge >= 0.3 is 5.97 Å². The first-order chi connectivity index (χ1) is 12.2. The first-order valence-electron chi connectivity index (χ1n) is 10.7. The fourth-order valence-electron chi connectivity index (χ4n) is 2.71. The molecule has 0 aliphatic heterocycles. The Labute approximate surface area is 164 Å². The maximum Gasteiger partial charge on any atom is 0.320 e. The molecule has 1 unspecified atom stereocenters. The predicted molar refractivity (Wildman–Crippen MR) is 120 cm³/mol. The van der Waals surface area contributed by atoms with Gasteiger partial charge in [0.25, 0.3) is 0 Å². The second-order valence-corrected chi connectivity index (χ2v) is 13.5. The quantitative estimate of drug-likeness (QED) is 0.245. The Hall–Kier alpha value is -0.180. The number of carboxylic acids is 1. The molecule has 0 bridgehead atoms. The summed E-state index contributed by atoms with van der Waals surface area (Å²) in [6.07, 6.45) is 18.3. The molecule has 0 heterocycles. The molecular weight excluding hydrogens is 343 g/mol. The number of carbonyl (C=O) groups is 1. The molecule has 0 saturated heterocycles. The summed E-state index contributed by atoms with van der Waals surface area (Å²) < 4.78 is 0. The smallest absolute Gasteiger partial charge is 0.320 e. The monoisotopic (exact) mass is 391 g/mol. The molecule has 0 saturated carbocycles. The van der Waals surface area contributed by atoms with Crippen LogP contribution in [0, 0.1) is 0 Å². The van der Waals surface area contributed by atoms with Gasteiger partial charge in [-0.3, -0.25) is 4.79 Å². The molecule has 0 aromatic carbocycles. The number of hydrogen-bond acceptors (Lipinski definition) is 3. The van der Waals surface area contributed by atoms with Crippen LogP contribution in [0.15, 0.2) is 0 Å². The van der Waals surface area contributed by atoms with Gasteiger partial charge in [-0.05, 0) is 32.2 Å². The van der Waals surface area contributed by atoms with E-state index in [0.717, 1.165) is 12.8 Å². The van der Waals surface area contributed by atoms with Crippen LogP contribution in [-0.4, -0.2) is 49.8 Å². The average molecular weight is 392 g/mol. The summed E-state index contributed by atoms with van der Waals surface area (Å²) in [6.45, 7) is 10.3. The number of hydrogen-bond donors (Lipinski definition) is 3. The van der Waals surface area contributed by atoms with Crippen LogP contribution in [0.4, 0.5) is 0 Å². The lowest BCUT2D eigenvalue weighted by Crippen LogP contribution is -2.29. The molecule has 158 valence electrons. The summed E-state index contributed by atoms with van der Waals surface area (Å²) in [7, 11) is -0.490. The zero-order chi connectivity index (χ0) is 20.3. The number of rotatable bonds is 16. The number of nitrogens with two attached hydrogens (primary N) is 2. The fraction of sp³-hybridized carbons (Fsp3) is 0.952. The second-order valence-electron chi connectivity index (χ2n) is 8.43. The van der Waals surface area contributed by atoms with Crippen LogP contribution in [0.25, 0.3) is 0 Å². The SMILES string of the molecule is CCCCCCCCCCCC[P+](C)(C)C.NCCCCC(N)C(=O)O. The van der Waals surface area contributed by atoms with Crippen LogP contribution < -0.4 is 11.5 Å². The summed E-state index contributed by atoms with van der Waals surface area (Å²) in [6, 6.07) is -0.716. The summed E-state index contributed by atoms with van der Waals surface area (Å²) in [5, 5.41) is 8.33. The Balaban J connectivity index is 0. The predicted octanol–water partition coefficient (Wildman–Crippen LogP) is 5.34. The number of aliphatic carboxylic acids is 1. The standard InChI is InChI=1S/C15H34P.C6H14N2O2/c1-5-6-7-8-9-10-11-12-13-14-15-16(2,3)4;7-4-2-1-3-5(8)6(9)10/h5-15H2,1-4H3;5H,1-4,7-8H2,(H,9,10)/q+1;. The van der Waals surface area contributed by atoms with E-state index in [1.165, 1.54) is 70.4 Å². The van der Waals surface area contributed by atoms with Gasteiger partial charge in [-0.2, -0.15) is 0 Å². The first-order valence-corrected chi connectivity index (χ1v) is 14.0. The van der Waals surface area contributed by atoms with Crippen LogP contribution in [0.5, 0.6) is 0 Å². The summed E-state index contributed by atoms with van der Waals surface area (Å²) >= 11 is 0. The van der Waals surface area contributed by atoms with Crippen molar-refractivity contribution in [1.29, 1.82) is 0 Å². The lowest BCUT2D eigenvalue weighted by molar-refractivity contribution is -0.138. The van der Waals surface area contributed by atoms with Gasteiger partial charge < -0.3 is 16.6 Å². The minimum atomic E-state index is -0.933. The van der Waals surface area contributed by atoms with Crippen molar-refractivity contribution in [2.24, 2.45) is 11.5 Å². The maximum absolute atomic E-state index is 10.1. The van der Waals surface area contributed by atoms with Crippen LogP contribution in [-0.2, 0) is 4.79 Å². The third-order valence-electron chi connectivity index (χ3n) is 4.47. The minimum Gasteiger partial charge on any atom is -0.480 e. The van der Waals surface area contributed by atoms with E-state index in [-0.39, 0.29) is 0 Å². The third kappa shape index (κ3) is 26.1. The van der Waals surface area contributed by atoms with E-state index >= 15 is 0 Å². The lowest BCUT2D eigenvalue weighted by Gasteiger charge is -2.10. The van der Waals surface area contributed by atoms with E-state index in [1.807, 2.05) is 0 Å². The largest absolute Gasteiger partial charge is 0.480 e. The van der Waals surface area contributed by atoms with Gasteiger partial charge in [0.05, 0.1) is 6.16 Å². The van der Waals surface area contributed by atoms with Crippen molar-refractivity contribution in [3.63, 3.8) is 0 Å². The summed E-state index contributed by atoms with van der Waals surface area (Å²) in [5.74, 6) is -0.933. The molecule has 26 heavy (non-hydrogen) atoms. The Morgan fingerprint density at radius 3 is 1.69 bits per heavy atom. The molecule has 5 N–H and O–H groups in total. The summed E-state index contributed by atoms with van der Waals surface area (Å²) in [4.78, 5) is 10.1. The highest BCUT2D eigenvalue weighted by molar-refractivity contribution is 7.73. The van der Waals surface area contributed by atoms with Crippen LogP contribution in [0.3, 0.4) is 0 Å². The minimum absolute atomic E-state index is 0.490. The van der Waals surface area contributed by atoms with Gasteiger partial charge in [-0.25, -0.2) is 0 Å². The Bertz CT molecular complexity index is 307. The normalized spacial score (nSPS) is 12.4. The van der Waals surface area contributed by atoms with E-state index in [4.69, 9.17) is 16.6 Å². The molecule has 0 fully saturated rings. The van der Waals surface area contributed by atoms with E-state index in [0.29, 0.717) is 13.0 Å². The van der Waals surface area contributed by atoms with Crippen molar-refractivity contribution >= 4 is 13.2 Å². The molecule has 1 atom stereocenters. The average Bonchev–Trinajstić information content (AvgIpc) is 2.56. The molecular formula is C21H48N2O2P+. The van der Waals surface area contributed by atoms with Crippen LogP contribution in [0.1, 0.15) is 90.4 Å². The fourth-order valence-corrected chi connectivity index (χ4v) is 3.88. The molecule has 0 amide bonds. The molecule has 4 nitrogen and oxygen atoms in total. The van der Waals surface area contributed by atoms with E-state index in [1.54, 1.807) is 0 Å². The van der Waals surface area contributed by atoms with Crippen molar-refractivity contribution in [3.05, 3.63) is 0 Å². The Morgan fingerprint density at radius 2 is 1.31 bits per heavy atom. The van der Waals surface area contributed by atoms with Gasteiger partial charge in [-0.15, -0.1) is 0 Å². The molecule has 0 radical (unpaired) electrons. The Morgan fingerprint density at radius 1 is 0.846 bits per heavy atom. The molecule has 5 heteroatoms. The molecule has 0 aromatic heterocycles. The van der Waals surface area contributed by atoms with E-state index in [9.17, 15) is 4.79 Å². The van der Waals surface area contributed by atoms with Gasteiger partial charge in [0.1, 0.15) is 6.04 Å². The van der Waals surface area contributed by atoms with Crippen molar-refractivity contribution < 1.29 is 9.90 Å². The molecule has 0 aliphatic rings. The zero-order valence-corrected chi connectivity index (χ0v) is 19.0. The van der Waals surface area contributed by atoms with E-state index < -0.39 is 19.3 Å². The zero-order valence-electron chi connectivity index (χ0n) is 18.1. The highest BCUT2D eigenvalue weighted by atomic mass is 31.2. The molecule has 0 aromatic rings. The number of unbranched alkanes of at least 4 members (excludes halogenated alkanes) is 10. The molecule has 0 spiro atoms. The van der Waals surface area contributed by atoms with Crippen molar-refractivity contribution in [2.45, 2.75) is 96.4 Å². The van der Waals surface area contributed by atoms with Crippen molar-refractivity contribution in [3.8, 4) is 0 Å². The van der Waals surface area contributed by atoms with Gasteiger partial charge in [-0.1, -0.05) is 64.7 Å². The highest BCUT2D eigenvalue weighted by Crippen LogP contribution is 2.47. The highest BCUT2D eigenvalue weighted by Gasteiger charge is 2.15. The van der Waals surface area contributed by atoms with Gasteiger partial charge in [0, 0.05) is 27.3 Å².